The molecule has 0 aliphatic rings. The van der Waals surface area contributed by atoms with E-state index in [9.17, 15) is 0 Å². The Hall–Kier alpha value is -0.240. The van der Waals surface area contributed by atoms with Crippen molar-refractivity contribution in [3.8, 4) is 0 Å². The summed E-state index contributed by atoms with van der Waals surface area (Å²) in [5.74, 6) is 0. The highest BCUT2D eigenvalue weighted by Crippen LogP contribution is 2.10. The predicted molar refractivity (Wildman–Crippen MR) is 49.5 cm³/mol. The minimum Gasteiger partial charge on any atom is -0.396 e. The Morgan fingerprint density at radius 1 is 0.857 bits per heavy atom. The first-order valence-corrected chi connectivity index (χ1v) is 4.22. The summed E-state index contributed by atoms with van der Waals surface area (Å²) in [4.78, 5) is 0. The van der Waals surface area contributed by atoms with Gasteiger partial charge in [0.25, 0.3) is 0 Å². The molecule has 0 aromatic carbocycles. The third-order valence-corrected chi connectivity index (χ3v) is 1.57. The van der Waals surface area contributed by atoms with Gasteiger partial charge < -0.3 is 30.6 Å². The highest BCUT2D eigenvalue weighted by atomic mass is 16.3. The van der Waals surface area contributed by atoms with Crippen molar-refractivity contribution in [3.63, 3.8) is 0 Å². The summed E-state index contributed by atoms with van der Waals surface area (Å²) in [5.41, 5.74) is -0.708. The van der Waals surface area contributed by atoms with Gasteiger partial charge in [0.15, 0.2) is 0 Å². The lowest BCUT2D eigenvalue weighted by Crippen LogP contribution is -2.29. The van der Waals surface area contributed by atoms with Gasteiger partial charge in [-0.2, -0.15) is 0 Å². The quantitative estimate of drug-likeness (QED) is 0.295. The summed E-state index contributed by atoms with van der Waals surface area (Å²) >= 11 is 0. The molecule has 0 rings (SSSR count). The van der Waals surface area contributed by atoms with Crippen LogP contribution >= 0.6 is 0 Å². The molecule has 0 radical (unpaired) electrons. The van der Waals surface area contributed by atoms with Gasteiger partial charge in [0.2, 0.25) is 0 Å². The first kappa shape index (κ1) is 16.2. The van der Waals surface area contributed by atoms with Gasteiger partial charge in [0.1, 0.15) is 6.10 Å². The molecule has 0 heterocycles. The summed E-state index contributed by atoms with van der Waals surface area (Å²) in [6, 6.07) is 0. The smallest absolute Gasteiger partial charge is 0.100 e. The summed E-state index contributed by atoms with van der Waals surface area (Å²) in [6.45, 7) is 0.333. The van der Waals surface area contributed by atoms with Crippen molar-refractivity contribution >= 4 is 0 Å². The number of hydrogen-bond acceptors (Lipinski definition) is 6. The molecule has 0 fully saturated rings. The van der Waals surface area contributed by atoms with Crippen LogP contribution in [0.3, 0.4) is 0 Å². The maximum absolute atomic E-state index is 8.47. The molecule has 14 heavy (non-hydrogen) atoms. The van der Waals surface area contributed by atoms with E-state index in [1.54, 1.807) is 6.92 Å². The van der Waals surface area contributed by atoms with E-state index >= 15 is 0 Å². The van der Waals surface area contributed by atoms with Crippen LogP contribution in [0.1, 0.15) is 6.92 Å². The number of aliphatic hydroxyl groups is 6. The van der Waals surface area contributed by atoms with E-state index in [0.717, 1.165) is 0 Å². The minimum atomic E-state index is -0.954. The molecule has 6 nitrogen and oxygen atoms in total. The molecule has 0 aliphatic heterocycles. The average molecular weight is 212 g/mol. The van der Waals surface area contributed by atoms with Crippen LogP contribution in [-0.2, 0) is 0 Å². The summed E-state index contributed by atoms with van der Waals surface area (Å²) in [7, 11) is 0. The Bertz CT molecular complexity index is 102. The molecule has 0 aromatic rings. The second-order valence-electron chi connectivity index (χ2n) is 3.30. The van der Waals surface area contributed by atoms with Gasteiger partial charge in [0.05, 0.1) is 33.0 Å². The van der Waals surface area contributed by atoms with E-state index in [2.05, 4.69) is 0 Å². The van der Waals surface area contributed by atoms with Crippen molar-refractivity contribution in [2.24, 2.45) is 5.41 Å². The molecule has 0 unspecified atom stereocenters. The zero-order valence-corrected chi connectivity index (χ0v) is 8.30. The molecular weight excluding hydrogens is 192 g/mol. The Kier molecular flexibility index (Phi) is 10.8. The second-order valence-corrected chi connectivity index (χ2v) is 3.30. The number of aliphatic hydroxyl groups excluding tert-OH is 6. The van der Waals surface area contributed by atoms with Crippen molar-refractivity contribution < 1.29 is 30.6 Å². The van der Waals surface area contributed by atoms with E-state index in [0.29, 0.717) is 0 Å². The van der Waals surface area contributed by atoms with Gasteiger partial charge in [-0.3, -0.25) is 0 Å². The molecule has 0 saturated heterocycles. The van der Waals surface area contributed by atoms with Gasteiger partial charge in [-0.15, -0.1) is 0 Å². The number of rotatable bonds is 5. The topological polar surface area (TPSA) is 121 Å². The molecule has 0 spiro atoms. The molecular formula is C8H20O6. The molecule has 6 heteroatoms. The Labute approximate surface area is 83.1 Å². The fourth-order valence-corrected chi connectivity index (χ4v) is 0.208. The molecule has 88 valence electrons. The van der Waals surface area contributed by atoms with Crippen LogP contribution in [0.5, 0.6) is 0 Å². The Morgan fingerprint density at radius 2 is 1.14 bits per heavy atom. The van der Waals surface area contributed by atoms with Crippen LogP contribution in [0.2, 0.25) is 0 Å². The molecule has 0 bridgehead atoms. The highest BCUT2D eigenvalue weighted by Gasteiger charge is 2.20. The normalized spacial score (nSPS) is 11.1. The van der Waals surface area contributed by atoms with Crippen LogP contribution in [0, 0.1) is 5.41 Å². The van der Waals surface area contributed by atoms with Crippen molar-refractivity contribution in [3.05, 3.63) is 0 Å². The van der Waals surface area contributed by atoms with Gasteiger partial charge in [-0.1, -0.05) is 6.92 Å². The molecule has 0 atom stereocenters. The van der Waals surface area contributed by atoms with Gasteiger partial charge in [-0.05, 0) is 0 Å². The predicted octanol–water partition coefficient (Wildman–Crippen LogP) is -2.70. The van der Waals surface area contributed by atoms with Gasteiger partial charge >= 0.3 is 0 Å². The fourth-order valence-electron chi connectivity index (χ4n) is 0.208. The third-order valence-electron chi connectivity index (χ3n) is 1.57. The highest BCUT2D eigenvalue weighted by molar-refractivity contribution is 4.69. The zero-order valence-electron chi connectivity index (χ0n) is 8.30. The van der Waals surface area contributed by atoms with Crippen molar-refractivity contribution in [1.29, 1.82) is 0 Å². The minimum absolute atomic E-state index is 0.181. The standard InChI is InChI=1S/C5H12O3.C3H8O3/c1-5(2-6,3-7)4-8;4-1-3(6)2-5/h6-8H,2-4H2,1H3;3-6H,1-2H2. The zero-order chi connectivity index (χ0) is 11.6. The van der Waals surface area contributed by atoms with Crippen molar-refractivity contribution in [2.75, 3.05) is 33.0 Å². The lowest BCUT2D eigenvalue weighted by Gasteiger charge is -2.20. The van der Waals surface area contributed by atoms with Crippen molar-refractivity contribution in [2.45, 2.75) is 13.0 Å². The van der Waals surface area contributed by atoms with Gasteiger partial charge in [-0.25, -0.2) is 0 Å². The SMILES string of the molecule is CC(CO)(CO)CO.OCC(O)CO. The molecule has 0 aromatic heterocycles. The van der Waals surface area contributed by atoms with E-state index in [1.807, 2.05) is 0 Å². The van der Waals surface area contributed by atoms with E-state index in [4.69, 9.17) is 30.6 Å². The summed E-state index contributed by atoms with van der Waals surface area (Å²) < 4.78 is 0. The Morgan fingerprint density at radius 3 is 1.14 bits per heavy atom. The largest absolute Gasteiger partial charge is 0.396 e. The fraction of sp³-hybridized carbons (Fsp3) is 1.00. The van der Waals surface area contributed by atoms with Crippen LogP contribution in [-0.4, -0.2) is 69.8 Å². The van der Waals surface area contributed by atoms with E-state index in [-0.39, 0.29) is 33.0 Å². The first-order chi connectivity index (χ1) is 6.49. The third kappa shape index (κ3) is 8.36. The van der Waals surface area contributed by atoms with Crippen molar-refractivity contribution in [1.82, 2.24) is 0 Å². The monoisotopic (exact) mass is 212 g/mol. The molecule has 6 N–H and O–H groups in total. The van der Waals surface area contributed by atoms with Crippen LogP contribution < -0.4 is 0 Å². The van der Waals surface area contributed by atoms with Crippen LogP contribution in [0.4, 0.5) is 0 Å². The molecule has 0 saturated carbocycles. The maximum Gasteiger partial charge on any atom is 0.100 e. The Balaban J connectivity index is 0. The summed E-state index contributed by atoms with van der Waals surface area (Å²) in [5, 5.41) is 49.4. The lowest BCUT2D eigenvalue weighted by atomic mass is 9.95. The number of hydrogen-bond donors (Lipinski definition) is 6. The summed E-state index contributed by atoms with van der Waals surface area (Å²) in [6.07, 6.45) is -0.954. The first-order valence-electron chi connectivity index (χ1n) is 4.22. The lowest BCUT2D eigenvalue weighted by molar-refractivity contribution is 0.0200. The average Bonchev–Trinajstić information content (AvgIpc) is 2.27. The van der Waals surface area contributed by atoms with E-state index < -0.39 is 11.5 Å². The second kappa shape index (κ2) is 9.32. The van der Waals surface area contributed by atoms with Gasteiger partial charge in [0, 0.05) is 5.41 Å². The maximum atomic E-state index is 8.47. The van der Waals surface area contributed by atoms with E-state index in [1.165, 1.54) is 0 Å². The van der Waals surface area contributed by atoms with Crippen LogP contribution in [0.15, 0.2) is 0 Å². The molecule has 0 amide bonds. The van der Waals surface area contributed by atoms with Crippen LogP contribution in [0.25, 0.3) is 0 Å². The molecule has 0 aliphatic carbocycles.